The van der Waals surface area contributed by atoms with Crippen molar-refractivity contribution in [1.82, 2.24) is 5.32 Å². The summed E-state index contributed by atoms with van der Waals surface area (Å²) in [6.07, 6.45) is 5.20. The number of nitrogens with one attached hydrogen (secondary N) is 1. The molecule has 0 aromatic heterocycles. The standard InChI is InChI=1S/C15H21NO2/c17-14-7-3-2-6-13(14)16-12-9-10-18-15-8-4-1-5-11(12)15/h1,4-5,8,12-14,16-17H,2-3,6-7,9-10H2/t12?,13-,14-/m0/s1. The second-order valence-corrected chi connectivity index (χ2v) is 5.35. The van der Waals surface area contributed by atoms with E-state index in [1.807, 2.05) is 12.1 Å². The van der Waals surface area contributed by atoms with Gasteiger partial charge in [0, 0.05) is 24.1 Å². The third-order valence-electron chi connectivity index (χ3n) is 4.10. The normalized spacial score (nSPS) is 31.5. The zero-order valence-corrected chi connectivity index (χ0v) is 10.6. The molecule has 3 heteroatoms. The molecule has 0 spiro atoms. The molecule has 3 atom stereocenters. The van der Waals surface area contributed by atoms with Crippen molar-refractivity contribution in [3.8, 4) is 5.75 Å². The van der Waals surface area contributed by atoms with E-state index in [2.05, 4.69) is 17.4 Å². The first kappa shape index (κ1) is 12.0. The topological polar surface area (TPSA) is 41.5 Å². The molecule has 1 fully saturated rings. The lowest BCUT2D eigenvalue weighted by Gasteiger charge is -2.34. The maximum Gasteiger partial charge on any atom is 0.124 e. The van der Waals surface area contributed by atoms with E-state index in [0.717, 1.165) is 38.0 Å². The Morgan fingerprint density at radius 2 is 1.94 bits per heavy atom. The Morgan fingerprint density at radius 1 is 1.11 bits per heavy atom. The van der Waals surface area contributed by atoms with Crippen LogP contribution in [0.15, 0.2) is 24.3 Å². The minimum Gasteiger partial charge on any atom is -0.493 e. The van der Waals surface area contributed by atoms with Crippen LogP contribution in [0.2, 0.25) is 0 Å². The van der Waals surface area contributed by atoms with Crippen LogP contribution in [0.4, 0.5) is 0 Å². The van der Waals surface area contributed by atoms with Crippen LogP contribution in [0.25, 0.3) is 0 Å². The number of para-hydroxylation sites is 1. The molecular formula is C15H21NO2. The summed E-state index contributed by atoms with van der Waals surface area (Å²) in [5.41, 5.74) is 1.24. The minimum absolute atomic E-state index is 0.186. The summed E-state index contributed by atoms with van der Waals surface area (Å²) in [4.78, 5) is 0. The molecule has 0 saturated heterocycles. The molecule has 1 aliphatic carbocycles. The van der Waals surface area contributed by atoms with E-state index in [0.29, 0.717) is 6.04 Å². The Hall–Kier alpha value is -1.06. The van der Waals surface area contributed by atoms with Gasteiger partial charge in [0.05, 0.1) is 12.7 Å². The fourth-order valence-electron chi connectivity index (χ4n) is 3.08. The van der Waals surface area contributed by atoms with Crippen molar-refractivity contribution in [1.29, 1.82) is 0 Å². The Morgan fingerprint density at radius 3 is 2.83 bits per heavy atom. The van der Waals surface area contributed by atoms with Crippen molar-refractivity contribution in [2.45, 2.75) is 50.3 Å². The summed E-state index contributed by atoms with van der Waals surface area (Å²) in [6, 6.07) is 8.79. The number of ether oxygens (including phenoxy) is 1. The first-order chi connectivity index (χ1) is 8.84. The highest BCUT2D eigenvalue weighted by Crippen LogP contribution is 2.33. The van der Waals surface area contributed by atoms with Gasteiger partial charge in [-0.1, -0.05) is 31.0 Å². The summed E-state index contributed by atoms with van der Waals surface area (Å²) in [7, 11) is 0. The van der Waals surface area contributed by atoms with Crippen LogP contribution in [0, 0.1) is 0 Å². The molecule has 3 rings (SSSR count). The number of aliphatic hydroxyl groups excluding tert-OH is 1. The largest absolute Gasteiger partial charge is 0.493 e. The summed E-state index contributed by atoms with van der Waals surface area (Å²) in [5.74, 6) is 0.992. The van der Waals surface area contributed by atoms with Crippen molar-refractivity contribution < 1.29 is 9.84 Å². The number of aliphatic hydroxyl groups is 1. The van der Waals surface area contributed by atoms with E-state index in [1.54, 1.807) is 0 Å². The van der Waals surface area contributed by atoms with Gasteiger partial charge in [0.1, 0.15) is 5.75 Å². The number of hydrogen-bond donors (Lipinski definition) is 2. The van der Waals surface area contributed by atoms with Crippen LogP contribution >= 0.6 is 0 Å². The number of rotatable bonds is 2. The molecule has 1 saturated carbocycles. The minimum atomic E-state index is -0.186. The fourth-order valence-corrected chi connectivity index (χ4v) is 3.08. The van der Waals surface area contributed by atoms with E-state index in [4.69, 9.17) is 4.74 Å². The van der Waals surface area contributed by atoms with Gasteiger partial charge in [0.2, 0.25) is 0 Å². The molecule has 0 amide bonds. The van der Waals surface area contributed by atoms with Crippen LogP contribution in [0.3, 0.4) is 0 Å². The van der Waals surface area contributed by atoms with E-state index in [1.165, 1.54) is 12.0 Å². The van der Waals surface area contributed by atoms with Gasteiger partial charge in [-0.25, -0.2) is 0 Å². The predicted molar refractivity (Wildman–Crippen MR) is 70.7 cm³/mol. The first-order valence-corrected chi connectivity index (χ1v) is 7.00. The Bertz CT molecular complexity index is 407. The van der Waals surface area contributed by atoms with Gasteiger partial charge in [-0.3, -0.25) is 0 Å². The van der Waals surface area contributed by atoms with Crippen LogP contribution in [-0.4, -0.2) is 23.9 Å². The van der Waals surface area contributed by atoms with Gasteiger partial charge in [0.25, 0.3) is 0 Å². The van der Waals surface area contributed by atoms with E-state index in [-0.39, 0.29) is 12.1 Å². The molecule has 0 bridgehead atoms. The zero-order valence-electron chi connectivity index (χ0n) is 10.6. The molecule has 98 valence electrons. The lowest BCUT2D eigenvalue weighted by atomic mass is 9.90. The molecule has 2 N–H and O–H groups in total. The highest BCUT2D eigenvalue weighted by atomic mass is 16.5. The average Bonchev–Trinajstić information content (AvgIpc) is 2.42. The van der Waals surface area contributed by atoms with Gasteiger partial charge in [-0.15, -0.1) is 0 Å². The highest BCUT2D eigenvalue weighted by Gasteiger charge is 2.28. The second kappa shape index (κ2) is 5.29. The third kappa shape index (κ3) is 2.38. The molecule has 1 aliphatic heterocycles. The molecule has 0 radical (unpaired) electrons. The Kier molecular flexibility index (Phi) is 3.52. The Labute approximate surface area is 108 Å². The van der Waals surface area contributed by atoms with Gasteiger partial charge in [-0.2, -0.15) is 0 Å². The fraction of sp³-hybridized carbons (Fsp3) is 0.600. The van der Waals surface area contributed by atoms with Crippen molar-refractivity contribution in [3.63, 3.8) is 0 Å². The highest BCUT2D eigenvalue weighted by molar-refractivity contribution is 5.37. The van der Waals surface area contributed by atoms with Gasteiger partial charge < -0.3 is 15.2 Å². The number of fused-ring (bicyclic) bond motifs is 1. The summed E-state index contributed by atoms with van der Waals surface area (Å²) < 4.78 is 5.67. The average molecular weight is 247 g/mol. The molecule has 1 aromatic rings. The van der Waals surface area contributed by atoms with Crippen molar-refractivity contribution in [3.05, 3.63) is 29.8 Å². The van der Waals surface area contributed by atoms with Crippen molar-refractivity contribution in [2.24, 2.45) is 0 Å². The SMILES string of the molecule is O[C@H]1CCCC[C@@H]1NC1CCOc2ccccc21. The van der Waals surface area contributed by atoms with Crippen LogP contribution in [-0.2, 0) is 0 Å². The van der Waals surface area contributed by atoms with Gasteiger partial charge in [-0.05, 0) is 18.9 Å². The molecule has 18 heavy (non-hydrogen) atoms. The summed E-state index contributed by atoms with van der Waals surface area (Å²) in [5, 5.41) is 13.7. The number of benzene rings is 1. The molecular weight excluding hydrogens is 226 g/mol. The van der Waals surface area contributed by atoms with Crippen LogP contribution < -0.4 is 10.1 Å². The van der Waals surface area contributed by atoms with E-state index >= 15 is 0 Å². The molecule has 1 heterocycles. The quantitative estimate of drug-likeness (QED) is 0.843. The van der Waals surface area contributed by atoms with Gasteiger partial charge >= 0.3 is 0 Å². The van der Waals surface area contributed by atoms with Crippen LogP contribution in [0.1, 0.15) is 43.7 Å². The predicted octanol–water partition coefficient (Wildman–Crippen LogP) is 2.40. The van der Waals surface area contributed by atoms with Crippen molar-refractivity contribution >= 4 is 0 Å². The van der Waals surface area contributed by atoms with Gasteiger partial charge in [0.15, 0.2) is 0 Å². The monoisotopic (exact) mass is 247 g/mol. The number of hydrogen-bond acceptors (Lipinski definition) is 3. The first-order valence-electron chi connectivity index (χ1n) is 7.00. The maximum absolute atomic E-state index is 10.1. The summed E-state index contributed by atoms with van der Waals surface area (Å²) in [6.45, 7) is 0.761. The molecule has 3 nitrogen and oxygen atoms in total. The smallest absolute Gasteiger partial charge is 0.124 e. The lowest BCUT2D eigenvalue weighted by molar-refractivity contribution is 0.0805. The Balaban J connectivity index is 1.73. The molecule has 2 aliphatic rings. The van der Waals surface area contributed by atoms with E-state index in [9.17, 15) is 5.11 Å². The summed E-state index contributed by atoms with van der Waals surface area (Å²) >= 11 is 0. The second-order valence-electron chi connectivity index (χ2n) is 5.35. The third-order valence-corrected chi connectivity index (χ3v) is 4.10. The van der Waals surface area contributed by atoms with Crippen molar-refractivity contribution in [2.75, 3.05) is 6.61 Å². The zero-order chi connectivity index (χ0) is 12.4. The van der Waals surface area contributed by atoms with E-state index < -0.39 is 0 Å². The lowest BCUT2D eigenvalue weighted by Crippen LogP contribution is -2.44. The van der Waals surface area contributed by atoms with Crippen LogP contribution in [0.5, 0.6) is 5.75 Å². The maximum atomic E-state index is 10.1. The molecule has 1 unspecified atom stereocenters. The molecule has 1 aromatic carbocycles.